The van der Waals surface area contributed by atoms with Crippen molar-refractivity contribution in [3.8, 4) is 17.2 Å². The van der Waals surface area contributed by atoms with Crippen LogP contribution >= 0.6 is 0 Å². The molecule has 0 spiro atoms. The molecule has 5 heteroatoms. The summed E-state index contributed by atoms with van der Waals surface area (Å²) in [6, 6.07) is 23.8. The highest BCUT2D eigenvalue weighted by molar-refractivity contribution is 5.72. The highest BCUT2D eigenvalue weighted by atomic mass is 16.5. The molecule has 3 aromatic carbocycles. The number of para-hydroxylation sites is 3. The molecule has 0 aromatic heterocycles. The first-order valence-electron chi connectivity index (χ1n) is 11.8. The summed E-state index contributed by atoms with van der Waals surface area (Å²) in [5, 5.41) is 0. The lowest BCUT2D eigenvalue weighted by molar-refractivity contribution is 0.261. The molecule has 0 aliphatic carbocycles. The van der Waals surface area contributed by atoms with Crippen LogP contribution in [0.1, 0.15) is 24.0 Å². The Morgan fingerprint density at radius 2 is 1.70 bits per heavy atom. The quantitative estimate of drug-likeness (QED) is 0.485. The van der Waals surface area contributed by atoms with E-state index in [0.717, 1.165) is 49.0 Å². The highest BCUT2D eigenvalue weighted by Gasteiger charge is 2.29. The molecule has 3 aromatic rings. The minimum atomic E-state index is 0.504. The van der Waals surface area contributed by atoms with Crippen LogP contribution < -0.4 is 19.1 Å². The molecule has 0 bridgehead atoms. The Bertz CT molecular complexity index is 1050. The predicted octanol–water partition coefficient (Wildman–Crippen LogP) is 5.44. The number of likely N-dealkylation sites (tertiary alicyclic amines) is 1. The Kier molecular flexibility index (Phi) is 6.40. The minimum Gasteiger partial charge on any atom is -0.493 e. The second kappa shape index (κ2) is 9.75. The third kappa shape index (κ3) is 4.51. The van der Waals surface area contributed by atoms with Crippen LogP contribution in [0.15, 0.2) is 66.7 Å². The van der Waals surface area contributed by atoms with Gasteiger partial charge in [0, 0.05) is 30.4 Å². The zero-order valence-electron chi connectivity index (χ0n) is 19.5. The molecule has 172 valence electrons. The normalized spacial score (nSPS) is 17.6. The van der Waals surface area contributed by atoms with Crippen LogP contribution in [0, 0.1) is 0 Å². The molecule has 2 heterocycles. The van der Waals surface area contributed by atoms with Gasteiger partial charge in [-0.15, -0.1) is 0 Å². The van der Waals surface area contributed by atoms with E-state index in [-0.39, 0.29) is 0 Å². The molecule has 1 fully saturated rings. The van der Waals surface area contributed by atoms with Gasteiger partial charge in [-0.25, -0.2) is 0 Å². The van der Waals surface area contributed by atoms with Gasteiger partial charge in [0.2, 0.25) is 0 Å². The Balaban J connectivity index is 1.34. The van der Waals surface area contributed by atoms with Crippen LogP contribution in [0.25, 0.3) is 0 Å². The molecule has 33 heavy (non-hydrogen) atoms. The number of methoxy groups -OCH3 is 2. The summed E-state index contributed by atoms with van der Waals surface area (Å²) in [6.45, 7) is 3.75. The van der Waals surface area contributed by atoms with Gasteiger partial charge in [0.1, 0.15) is 12.4 Å². The first kappa shape index (κ1) is 21.7. The van der Waals surface area contributed by atoms with Gasteiger partial charge in [-0.3, -0.25) is 4.90 Å². The van der Waals surface area contributed by atoms with Crippen LogP contribution in [0.3, 0.4) is 0 Å². The Morgan fingerprint density at radius 3 is 2.55 bits per heavy atom. The second-order valence-electron chi connectivity index (χ2n) is 8.77. The van der Waals surface area contributed by atoms with Gasteiger partial charge in [0.05, 0.1) is 19.9 Å². The maximum atomic E-state index is 6.17. The summed E-state index contributed by atoms with van der Waals surface area (Å²) in [5.74, 6) is 2.54. The number of hydrogen-bond donors (Lipinski definition) is 0. The van der Waals surface area contributed by atoms with Gasteiger partial charge in [0.15, 0.2) is 11.5 Å². The van der Waals surface area contributed by atoms with E-state index in [0.29, 0.717) is 12.6 Å². The van der Waals surface area contributed by atoms with Gasteiger partial charge in [-0.2, -0.15) is 0 Å². The average molecular weight is 445 g/mol. The third-order valence-electron chi connectivity index (χ3n) is 6.85. The molecule has 0 unspecified atom stereocenters. The molecule has 2 aliphatic heterocycles. The van der Waals surface area contributed by atoms with Crippen molar-refractivity contribution in [2.24, 2.45) is 0 Å². The van der Waals surface area contributed by atoms with Gasteiger partial charge >= 0.3 is 0 Å². The molecule has 0 saturated carbocycles. The minimum absolute atomic E-state index is 0.504. The van der Waals surface area contributed by atoms with Crippen LogP contribution in [0.5, 0.6) is 17.2 Å². The molecule has 2 aliphatic rings. The van der Waals surface area contributed by atoms with E-state index in [2.05, 4.69) is 70.5 Å². The number of hydrogen-bond acceptors (Lipinski definition) is 5. The number of fused-ring (bicyclic) bond motifs is 2. The van der Waals surface area contributed by atoms with E-state index in [4.69, 9.17) is 14.2 Å². The van der Waals surface area contributed by atoms with Crippen molar-refractivity contribution >= 4 is 11.4 Å². The molecule has 1 atom stereocenters. The zero-order chi connectivity index (χ0) is 22.6. The maximum Gasteiger partial charge on any atom is 0.160 e. The van der Waals surface area contributed by atoms with Crippen molar-refractivity contribution in [2.75, 3.05) is 38.8 Å². The Hall–Kier alpha value is -3.18. The first-order chi connectivity index (χ1) is 16.3. The summed E-state index contributed by atoms with van der Waals surface area (Å²) < 4.78 is 17.0. The van der Waals surface area contributed by atoms with Crippen LogP contribution in [-0.4, -0.2) is 44.8 Å². The highest BCUT2D eigenvalue weighted by Crippen LogP contribution is 2.40. The van der Waals surface area contributed by atoms with Gasteiger partial charge in [0.25, 0.3) is 0 Å². The third-order valence-corrected chi connectivity index (χ3v) is 6.85. The largest absolute Gasteiger partial charge is 0.493 e. The lowest BCUT2D eigenvalue weighted by Crippen LogP contribution is -2.39. The van der Waals surface area contributed by atoms with Crippen LogP contribution in [0.2, 0.25) is 0 Å². The predicted molar refractivity (Wildman–Crippen MR) is 132 cm³/mol. The Morgan fingerprint density at radius 1 is 0.909 bits per heavy atom. The summed E-state index contributed by atoms with van der Waals surface area (Å²) in [5.41, 5.74) is 4.93. The average Bonchev–Trinajstić information content (AvgIpc) is 3.25. The first-order valence-corrected chi connectivity index (χ1v) is 11.8. The van der Waals surface area contributed by atoms with E-state index in [1.54, 1.807) is 14.2 Å². The fraction of sp³-hybridized carbons (Fsp3) is 0.357. The standard InChI is InChI=1S/C28H32N2O3/c1-31-27-14-13-21(18-28(27)32-2)15-17-29-16-7-9-23(29)19-30-24-10-4-3-8-22(24)20-33-26-12-6-5-11-25(26)30/h3-6,8,10-14,18,23H,7,9,15-17,19-20H2,1-2H3/t23-/m0/s1. The number of benzene rings is 3. The topological polar surface area (TPSA) is 34.2 Å². The summed E-state index contributed by atoms with van der Waals surface area (Å²) in [4.78, 5) is 5.12. The zero-order valence-corrected chi connectivity index (χ0v) is 19.5. The van der Waals surface area contributed by atoms with Crippen molar-refractivity contribution in [1.82, 2.24) is 4.90 Å². The van der Waals surface area contributed by atoms with E-state index in [9.17, 15) is 0 Å². The lowest BCUT2D eigenvalue weighted by Gasteiger charge is -2.32. The molecule has 0 N–H and O–H groups in total. The Labute approximate surface area is 196 Å². The second-order valence-corrected chi connectivity index (χ2v) is 8.77. The smallest absolute Gasteiger partial charge is 0.160 e. The molecule has 5 nitrogen and oxygen atoms in total. The van der Waals surface area contributed by atoms with E-state index in [1.807, 2.05) is 6.07 Å². The van der Waals surface area contributed by atoms with Crippen molar-refractivity contribution in [1.29, 1.82) is 0 Å². The summed E-state index contributed by atoms with van der Waals surface area (Å²) in [6.07, 6.45) is 3.45. The van der Waals surface area contributed by atoms with Crippen molar-refractivity contribution in [3.63, 3.8) is 0 Å². The van der Waals surface area contributed by atoms with Crippen molar-refractivity contribution in [3.05, 3.63) is 77.9 Å². The number of ether oxygens (including phenoxy) is 3. The molecular weight excluding hydrogens is 412 g/mol. The van der Waals surface area contributed by atoms with E-state index >= 15 is 0 Å². The molecule has 5 rings (SSSR count). The van der Waals surface area contributed by atoms with Crippen LogP contribution in [0.4, 0.5) is 11.4 Å². The van der Waals surface area contributed by atoms with Gasteiger partial charge in [-0.05, 0) is 61.7 Å². The molecule has 0 amide bonds. The van der Waals surface area contributed by atoms with E-state index < -0.39 is 0 Å². The van der Waals surface area contributed by atoms with Crippen molar-refractivity contribution in [2.45, 2.75) is 31.9 Å². The fourth-order valence-corrected chi connectivity index (χ4v) is 5.10. The van der Waals surface area contributed by atoms with Crippen molar-refractivity contribution < 1.29 is 14.2 Å². The van der Waals surface area contributed by atoms with Crippen LogP contribution in [-0.2, 0) is 13.0 Å². The molecule has 1 saturated heterocycles. The lowest BCUT2D eigenvalue weighted by atomic mass is 10.1. The fourth-order valence-electron chi connectivity index (χ4n) is 5.10. The summed E-state index contributed by atoms with van der Waals surface area (Å²) in [7, 11) is 3.37. The SMILES string of the molecule is COc1ccc(CCN2CCC[C@H]2CN2c3ccccc3COc3ccccc32)cc1OC. The molecule has 0 radical (unpaired) electrons. The van der Waals surface area contributed by atoms with E-state index in [1.165, 1.54) is 29.7 Å². The van der Waals surface area contributed by atoms with Gasteiger partial charge in [-0.1, -0.05) is 36.4 Å². The monoisotopic (exact) mass is 444 g/mol. The molecular formula is C28H32N2O3. The summed E-state index contributed by atoms with van der Waals surface area (Å²) >= 11 is 0. The number of nitrogens with zero attached hydrogens (tertiary/aromatic N) is 2. The number of anilines is 2. The van der Waals surface area contributed by atoms with Gasteiger partial charge < -0.3 is 19.1 Å². The maximum absolute atomic E-state index is 6.17. The number of rotatable bonds is 7.